The minimum Gasteiger partial charge on any atom is -0.338 e. The highest BCUT2D eigenvalue weighted by molar-refractivity contribution is 5.82. The van der Waals surface area contributed by atoms with E-state index in [0.29, 0.717) is 31.6 Å². The first-order valence-electron chi connectivity index (χ1n) is 7.71. The van der Waals surface area contributed by atoms with Gasteiger partial charge in [-0.3, -0.25) is 4.79 Å². The zero-order chi connectivity index (χ0) is 16.1. The number of hydrogen-bond donors (Lipinski definition) is 2. The lowest BCUT2D eigenvalue weighted by molar-refractivity contribution is 0.203. The second kappa shape index (κ2) is 7.11. The lowest BCUT2D eigenvalue weighted by Gasteiger charge is -2.19. The van der Waals surface area contributed by atoms with Crippen LogP contribution in [0.25, 0.3) is 10.9 Å². The average Bonchev–Trinajstić information content (AvgIpc) is 2.50. The monoisotopic (exact) mass is 301 g/mol. The van der Waals surface area contributed by atoms with Crippen molar-refractivity contribution in [3.05, 3.63) is 45.7 Å². The number of amides is 2. The summed E-state index contributed by atoms with van der Waals surface area (Å²) in [5.41, 5.74) is 2.54. The van der Waals surface area contributed by atoms with Crippen LogP contribution in [0.4, 0.5) is 4.79 Å². The number of aryl methyl sites for hydroxylation is 1. The second-order valence-corrected chi connectivity index (χ2v) is 5.32. The topological polar surface area (TPSA) is 65.2 Å². The van der Waals surface area contributed by atoms with Crippen LogP contribution >= 0.6 is 0 Å². The first-order chi connectivity index (χ1) is 10.6. The lowest BCUT2D eigenvalue weighted by atomic mass is 10.1. The Morgan fingerprint density at radius 2 is 2.00 bits per heavy atom. The molecule has 2 aromatic rings. The Labute approximate surface area is 130 Å². The van der Waals surface area contributed by atoms with Crippen molar-refractivity contribution < 1.29 is 4.79 Å². The van der Waals surface area contributed by atoms with E-state index in [9.17, 15) is 9.59 Å². The van der Waals surface area contributed by atoms with Gasteiger partial charge in [0, 0.05) is 25.2 Å². The number of rotatable bonds is 5. The van der Waals surface area contributed by atoms with E-state index in [-0.39, 0.29) is 11.6 Å². The van der Waals surface area contributed by atoms with Gasteiger partial charge in [-0.05, 0) is 44.2 Å². The van der Waals surface area contributed by atoms with E-state index in [1.54, 1.807) is 4.90 Å². The number of H-pyrrole nitrogens is 1. The second-order valence-electron chi connectivity index (χ2n) is 5.32. The molecular formula is C17H23N3O2. The third-order valence-corrected chi connectivity index (χ3v) is 3.89. The van der Waals surface area contributed by atoms with Crippen LogP contribution in [0.15, 0.2) is 29.1 Å². The Bertz CT molecular complexity index is 717. The predicted octanol–water partition coefficient (Wildman–Crippen LogP) is 2.43. The number of aromatic nitrogens is 1. The molecule has 0 fully saturated rings. The largest absolute Gasteiger partial charge is 0.338 e. The fourth-order valence-corrected chi connectivity index (χ4v) is 2.54. The molecule has 5 heteroatoms. The van der Waals surface area contributed by atoms with Crippen molar-refractivity contribution in [2.45, 2.75) is 27.2 Å². The number of pyridine rings is 1. The number of nitrogens with zero attached hydrogens (tertiary/aromatic N) is 1. The number of hydrogen-bond acceptors (Lipinski definition) is 2. The van der Waals surface area contributed by atoms with Crippen LogP contribution in [-0.4, -0.2) is 35.5 Å². The molecule has 5 nitrogen and oxygen atoms in total. The maximum atomic E-state index is 12.1. The van der Waals surface area contributed by atoms with Gasteiger partial charge in [0.25, 0.3) is 5.56 Å². The third kappa shape index (κ3) is 3.47. The highest BCUT2D eigenvalue weighted by Gasteiger charge is 2.09. The summed E-state index contributed by atoms with van der Waals surface area (Å²) >= 11 is 0. The SMILES string of the molecule is CCN(CC)C(=O)NCCc1cc2cccc(C)c2[nH]c1=O. The molecule has 0 aliphatic heterocycles. The molecule has 0 atom stereocenters. The number of fused-ring (bicyclic) bond motifs is 1. The molecule has 0 spiro atoms. The summed E-state index contributed by atoms with van der Waals surface area (Å²) in [5.74, 6) is 0. The molecule has 1 aromatic heterocycles. The molecule has 0 bridgehead atoms. The maximum Gasteiger partial charge on any atom is 0.317 e. The molecule has 1 aromatic carbocycles. The Balaban J connectivity index is 2.08. The van der Waals surface area contributed by atoms with E-state index < -0.39 is 0 Å². The molecule has 0 saturated heterocycles. The number of carbonyl (C=O) groups excluding carboxylic acids is 1. The Morgan fingerprint density at radius 1 is 1.27 bits per heavy atom. The van der Waals surface area contributed by atoms with Gasteiger partial charge in [0.05, 0.1) is 5.52 Å². The summed E-state index contributed by atoms with van der Waals surface area (Å²) in [6, 6.07) is 7.75. The molecule has 2 amide bonds. The highest BCUT2D eigenvalue weighted by atomic mass is 16.2. The van der Waals surface area contributed by atoms with E-state index in [1.807, 2.05) is 45.0 Å². The van der Waals surface area contributed by atoms with Gasteiger partial charge in [-0.1, -0.05) is 18.2 Å². The number of aromatic amines is 1. The minimum absolute atomic E-state index is 0.0844. The van der Waals surface area contributed by atoms with Crippen LogP contribution in [0.1, 0.15) is 25.0 Å². The summed E-state index contributed by atoms with van der Waals surface area (Å²) in [4.78, 5) is 28.6. The lowest BCUT2D eigenvalue weighted by Crippen LogP contribution is -2.40. The smallest absolute Gasteiger partial charge is 0.317 e. The minimum atomic E-state index is -0.0851. The molecule has 0 unspecified atom stereocenters. The van der Waals surface area contributed by atoms with Crippen molar-refractivity contribution in [3.8, 4) is 0 Å². The molecule has 2 N–H and O–H groups in total. The fourth-order valence-electron chi connectivity index (χ4n) is 2.54. The van der Waals surface area contributed by atoms with E-state index in [0.717, 1.165) is 16.5 Å². The van der Waals surface area contributed by atoms with Crippen LogP contribution in [-0.2, 0) is 6.42 Å². The first-order valence-corrected chi connectivity index (χ1v) is 7.71. The molecule has 2 rings (SSSR count). The Kier molecular flexibility index (Phi) is 5.20. The van der Waals surface area contributed by atoms with Gasteiger partial charge in [-0.25, -0.2) is 4.79 Å². The van der Waals surface area contributed by atoms with Crippen molar-refractivity contribution in [1.29, 1.82) is 0 Å². The van der Waals surface area contributed by atoms with Crippen molar-refractivity contribution in [2.24, 2.45) is 0 Å². The van der Waals surface area contributed by atoms with Gasteiger partial charge in [0.2, 0.25) is 0 Å². The van der Waals surface area contributed by atoms with Crippen LogP contribution < -0.4 is 10.9 Å². The zero-order valence-electron chi connectivity index (χ0n) is 13.4. The molecule has 0 saturated carbocycles. The summed E-state index contributed by atoms with van der Waals surface area (Å²) < 4.78 is 0. The van der Waals surface area contributed by atoms with Gasteiger partial charge in [-0.15, -0.1) is 0 Å². The number of urea groups is 1. The highest BCUT2D eigenvalue weighted by Crippen LogP contribution is 2.14. The maximum absolute atomic E-state index is 12.1. The fraction of sp³-hybridized carbons (Fsp3) is 0.412. The number of carbonyl (C=O) groups is 1. The number of nitrogens with one attached hydrogen (secondary N) is 2. The summed E-state index contributed by atoms with van der Waals surface area (Å²) in [7, 11) is 0. The Morgan fingerprint density at radius 3 is 2.68 bits per heavy atom. The third-order valence-electron chi connectivity index (χ3n) is 3.89. The van der Waals surface area contributed by atoms with Gasteiger partial charge < -0.3 is 15.2 Å². The van der Waals surface area contributed by atoms with E-state index in [4.69, 9.17) is 0 Å². The van der Waals surface area contributed by atoms with E-state index in [2.05, 4.69) is 10.3 Å². The van der Waals surface area contributed by atoms with Gasteiger partial charge in [0.1, 0.15) is 0 Å². The molecule has 22 heavy (non-hydrogen) atoms. The average molecular weight is 301 g/mol. The first kappa shape index (κ1) is 16.1. The van der Waals surface area contributed by atoms with Gasteiger partial charge >= 0.3 is 6.03 Å². The van der Waals surface area contributed by atoms with Crippen molar-refractivity contribution >= 4 is 16.9 Å². The number of para-hydroxylation sites is 1. The van der Waals surface area contributed by atoms with E-state index >= 15 is 0 Å². The predicted molar refractivity (Wildman–Crippen MR) is 89.3 cm³/mol. The normalized spacial score (nSPS) is 10.7. The summed E-state index contributed by atoms with van der Waals surface area (Å²) in [6.07, 6.45) is 0.520. The Hall–Kier alpha value is -2.30. The molecule has 0 radical (unpaired) electrons. The molecule has 0 aliphatic rings. The van der Waals surface area contributed by atoms with Crippen LogP contribution in [0.2, 0.25) is 0 Å². The zero-order valence-corrected chi connectivity index (χ0v) is 13.4. The van der Waals surface area contributed by atoms with Crippen LogP contribution in [0, 0.1) is 6.92 Å². The van der Waals surface area contributed by atoms with Crippen LogP contribution in [0.3, 0.4) is 0 Å². The van der Waals surface area contributed by atoms with Crippen molar-refractivity contribution in [1.82, 2.24) is 15.2 Å². The summed E-state index contributed by atoms with van der Waals surface area (Å²) in [6.45, 7) is 7.67. The van der Waals surface area contributed by atoms with Crippen molar-refractivity contribution in [2.75, 3.05) is 19.6 Å². The molecule has 0 aliphatic carbocycles. The van der Waals surface area contributed by atoms with Gasteiger partial charge in [-0.2, -0.15) is 0 Å². The summed E-state index contributed by atoms with van der Waals surface area (Å²) in [5, 5.41) is 3.87. The molecule has 118 valence electrons. The van der Waals surface area contributed by atoms with E-state index in [1.165, 1.54) is 0 Å². The van der Waals surface area contributed by atoms with Crippen LogP contribution in [0.5, 0.6) is 0 Å². The standard InChI is InChI=1S/C17H23N3O2/c1-4-20(5-2)17(22)18-10-9-14-11-13-8-6-7-12(3)15(13)19-16(14)21/h6-8,11H,4-5,9-10H2,1-3H3,(H,18,22)(H,19,21). The number of benzene rings is 1. The molecule has 1 heterocycles. The van der Waals surface area contributed by atoms with Gasteiger partial charge in [0.15, 0.2) is 0 Å². The molecular weight excluding hydrogens is 278 g/mol. The quantitative estimate of drug-likeness (QED) is 0.891. The van der Waals surface area contributed by atoms with Crippen molar-refractivity contribution in [3.63, 3.8) is 0 Å².